The van der Waals surface area contributed by atoms with Crippen LogP contribution in [0.3, 0.4) is 0 Å². The van der Waals surface area contributed by atoms with Crippen molar-refractivity contribution in [3.05, 3.63) is 0 Å². The fraction of sp³-hybridized carbons (Fsp3) is 0.400. The van der Waals surface area contributed by atoms with E-state index in [4.69, 9.17) is 59.4 Å². The predicted octanol–water partition coefficient (Wildman–Crippen LogP) is -12.4. The van der Waals surface area contributed by atoms with E-state index in [1.165, 1.54) is 13.1 Å². The molecule has 0 aliphatic heterocycles. The summed E-state index contributed by atoms with van der Waals surface area (Å²) in [5.41, 5.74) is 0. The number of likely N-dealkylation sites (N-methyl/N-ethyl adjacent to an activating group) is 2. The molecule has 0 aromatic carbocycles. The first kappa shape index (κ1) is 56.5. The smallest absolute Gasteiger partial charge is 0.554 e. The molecule has 0 unspecified atom stereocenters. The summed E-state index contributed by atoms with van der Waals surface area (Å²) < 4.78 is 0. The molecule has 0 aromatic heterocycles. The van der Waals surface area contributed by atoms with Crippen LogP contribution in [0.5, 0.6) is 0 Å². The van der Waals surface area contributed by atoms with Crippen molar-refractivity contribution in [2.75, 3.05) is 27.2 Å². The average molecular weight is 487 g/mol. The molecule has 4 N–H and O–H groups in total. The van der Waals surface area contributed by atoms with E-state index in [0.29, 0.717) is 0 Å². The van der Waals surface area contributed by atoms with Crippen molar-refractivity contribution in [1.29, 1.82) is 0 Å². The van der Waals surface area contributed by atoms with E-state index in [9.17, 15) is 0 Å². The number of carboxylic acid groups (broad SMARTS) is 6. The van der Waals surface area contributed by atoms with Gasteiger partial charge in [-0.2, -0.15) is 0 Å². The SMILES string of the molecule is C[NH2+]CC[NH2+]C.O=C[O-].O=C[O-].O=C[O-].O=C[O-].O=C[O-].O=C[O-].[Cu+2].[Cu+2]. The topological polar surface area (TPSA) is 274 Å². The van der Waals surface area contributed by atoms with Crippen LogP contribution in [0.1, 0.15) is 0 Å². The minimum absolute atomic E-state index is 0. The van der Waals surface area contributed by atoms with E-state index in [1.54, 1.807) is 0 Å². The van der Waals surface area contributed by atoms with Gasteiger partial charge in [0.15, 0.2) is 0 Å². The molecule has 14 nitrogen and oxygen atoms in total. The zero-order valence-corrected chi connectivity index (χ0v) is 15.4. The van der Waals surface area contributed by atoms with Gasteiger partial charge < -0.3 is 70.0 Å². The second-order valence-electron chi connectivity index (χ2n) is 1.97. The molecule has 0 heterocycles. The molecule has 0 rings (SSSR count). The van der Waals surface area contributed by atoms with Gasteiger partial charge >= 0.3 is 34.1 Å². The molecule has 0 aliphatic rings. The maximum absolute atomic E-state index is 8.25. The first-order valence-electron chi connectivity index (χ1n) is 5.30. The Balaban J connectivity index is -0.0000000187. The second kappa shape index (κ2) is 179. The van der Waals surface area contributed by atoms with Crippen molar-refractivity contribution in [3.63, 3.8) is 0 Å². The quantitative estimate of drug-likeness (QED) is 0.213. The fourth-order valence-corrected chi connectivity index (χ4v) is 0.333. The Bertz CT molecular complexity index is 176. The van der Waals surface area contributed by atoms with Crippen molar-refractivity contribution in [2.45, 2.75) is 0 Å². The predicted molar refractivity (Wildman–Crippen MR) is 61.8 cm³/mol. The molecule has 0 bridgehead atoms. The molecule has 0 aliphatic carbocycles. The van der Waals surface area contributed by atoms with E-state index in [-0.39, 0.29) is 34.1 Å². The van der Waals surface area contributed by atoms with Gasteiger partial charge in [-0.1, -0.05) is 0 Å². The Kier molecular flexibility index (Phi) is 388. The fourth-order valence-electron chi connectivity index (χ4n) is 0.333. The number of hydrogen-bond acceptors (Lipinski definition) is 12. The average Bonchev–Trinajstić information content (AvgIpc) is 2.50. The number of carbonyl (C=O) groups excluding carboxylic acids is 6. The maximum Gasteiger partial charge on any atom is 2.00 e. The zero-order chi connectivity index (χ0) is 21.1. The van der Waals surface area contributed by atoms with Crippen LogP contribution in [-0.4, -0.2) is 66.0 Å². The molecule has 0 fully saturated rings. The second-order valence-corrected chi connectivity index (χ2v) is 1.97. The molecule has 16 heteroatoms. The van der Waals surface area contributed by atoms with Crippen LogP contribution in [-0.2, 0) is 62.9 Å². The molecule has 26 heavy (non-hydrogen) atoms. The summed E-state index contributed by atoms with van der Waals surface area (Å²) in [7, 11) is 4.17. The number of carbonyl (C=O) groups is 6. The van der Waals surface area contributed by atoms with Gasteiger partial charge in [-0.3, -0.25) is 0 Å². The van der Waals surface area contributed by atoms with E-state index in [1.807, 2.05) is 0 Å². The first-order chi connectivity index (χ1) is 11.4. The third-order valence-electron chi connectivity index (χ3n) is 0.744. The molecule has 0 amide bonds. The van der Waals surface area contributed by atoms with Crippen LogP contribution >= 0.6 is 0 Å². The molecular formula is C10H20Cu2N2O12. The van der Waals surface area contributed by atoms with Gasteiger partial charge in [-0.05, 0) is 0 Å². The van der Waals surface area contributed by atoms with Gasteiger partial charge in [0.2, 0.25) is 0 Å². The van der Waals surface area contributed by atoms with Crippen LogP contribution in [0, 0.1) is 0 Å². The summed E-state index contributed by atoms with van der Waals surface area (Å²) in [4.78, 5) is 49.5. The molecule has 2 radical (unpaired) electrons. The Morgan fingerprint density at radius 3 is 0.615 bits per heavy atom. The van der Waals surface area contributed by atoms with Crippen molar-refractivity contribution in [3.8, 4) is 0 Å². The van der Waals surface area contributed by atoms with Crippen LogP contribution in [0.15, 0.2) is 0 Å². The summed E-state index contributed by atoms with van der Waals surface area (Å²) >= 11 is 0. The van der Waals surface area contributed by atoms with Crippen LogP contribution in [0.25, 0.3) is 0 Å². The number of rotatable bonds is 3. The number of nitrogens with two attached hydrogens (primary N) is 2. The van der Waals surface area contributed by atoms with Gasteiger partial charge in [0.05, 0.1) is 14.1 Å². The molecular weight excluding hydrogens is 467 g/mol. The first-order valence-corrected chi connectivity index (χ1v) is 5.30. The largest absolute Gasteiger partial charge is 2.00 e. The van der Waals surface area contributed by atoms with Gasteiger partial charge in [0.1, 0.15) is 13.1 Å². The van der Waals surface area contributed by atoms with Crippen molar-refractivity contribution >= 4 is 38.8 Å². The van der Waals surface area contributed by atoms with E-state index >= 15 is 0 Å². The third-order valence-corrected chi connectivity index (χ3v) is 0.744. The monoisotopic (exact) mass is 486 g/mol. The standard InChI is InChI=1S/C4H12N2.6CH2O2.2Cu/c1-5-3-4-6-2;6*2-1-3;;/h5-6H,3-4H2,1-2H3;6*1H,(H,2,3);;/q;;;;;;;2*+2/p-4. The molecule has 0 spiro atoms. The third kappa shape index (κ3) is 15500. The zero-order valence-electron chi connectivity index (χ0n) is 13.5. The normalized spacial score (nSPS) is 4.85. The van der Waals surface area contributed by atoms with E-state index < -0.39 is 38.8 Å². The Labute approximate surface area is 170 Å². The summed E-state index contributed by atoms with van der Waals surface area (Å²) in [6, 6.07) is 0. The Morgan fingerprint density at radius 2 is 0.577 bits per heavy atom. The molecule has 0 atom stereocenters. The van der Waals surface area contributed by atoms with E-state index in [2.05, 4.69) is 24.7 Å². The van der Waals surface area contributed by atoms with Gasteiger partial charge in [-0.15, -0.1) is 0 Å². The van der Waals surface area contributed by atoms with Crippen LogP contribution < -0.4 is 41.3 Å². The Morgan fingerprint density at radius 1 is 0.500 bits per heavy atom. The maximum atomic E-state index is 8.25. The molecule has 164 valence electrons. The molecule has 0 saturated heterocycles. The van der Waals surface area contributed by atoms with Crippen molar-refractivity contribution in [1.82, 2.24) is 0 Å². The van der Waals surface area contributed by atoms with Gasteiger partial charge in [0.25, 0.3) is 0 Å². The summed E-state index contributed by atoms with van der Waals surface area (Å²) in [5, 5.41) is 53.9. The number of quaternary nitrogens is 2. The summed E-state index contributed by atoms with van der Waals surface area (Å²) in [5.74, 6) is 0. The molecule has 0 aromatic rings. The molecule has 0 saturated carbocycles. The Hall–Kier alpha value is -2.22. The van der Waals surface area contributed by atoms with Gasteiger partial charge in [-0.25, -0.2) is 0 Å². The summed E-state index contributed by atoms with van der Waals surface area (Å²) in [6.07, 6.45) is 0. The number of hydrogen-bond donors (Lipinski definition) is 2. The minimum Gasteiger partial charge on any atom is -0.554 e. The van der Waals surface area contributed by atoms with Crippen LogP contribution in [0.4, 0.5) is 0 Å². The van der Waals surface area contributed by atoms with Gasteiger partial charge in [0, 0.05) is 38.8 Å². The summed E-state index contributed by atoms with van der Waals surface area (Å²) in [6.45, 7) is -0.535. The van der Waals surface area contributed by atoms with Crippen molar-refractivity contribution in [2.24, 2.45) is 0 Å². The van der Waals surface area contributed by atoms with Crippen LogP contribution in [0.2, 0.25) is 0 Å². The minimum atomic E-state index is -0.500. The van der Waals surface area contributed by atoms with E-state index in [0.717, 1.165) is 0 Å². The van der Waals surface area contributed by atoms with Crippen molar-refractivity contribution < 1.29 is 104 Å².